The maximum Gasteiger partial charge on any atom is 0.257 e. The molecule has 0 unspecified atom stereocenters. The third-order valence-electron chi connectivity index (χ3n) is 5.05. The lowest BCUT2D eigenvalue weighted by Gasteiger charge is -2.25. The molecule has 2 aromatic rings. The fourth-order valence-corrected chi connectivity index (χ4v) is 3.44. The summed E-state index contributed by atoms with van der Waals surface area (Å²) in [5.41, 5.74) is 2.80. The molecule has 0 bridgehead atoms. The van der Waals surface area contributed by atoms with Crippen LogP contribution in [0.4, 0.5) is 5.69 Å². The van der Waals surface area contributed by atoms with Gasteiger partial charge in [0.1, 0.15) is 0 Å². The summed E-state index contributed by atoms with van der Waals surface area (Å²) < 4.78 is 0. The maximum atomic E-state index is 12.6. The van der Waals surface area contributed by atoms with Crippen molar-refractivity contribution in [3.05, 3.63) is 65.7 Å². The molecule has 5 nitrogen and oxygen atoms in total. The van der Waals surface area contributed by atoms with Crippen LogP contribution in [-0.4, -0.2) is 42.9 Å². The molecule has 0 radical (unpaired) electrons. The Labute approximate surface area is 167 Å². The lowest BCUT2D eigenvalue weighted by atomic mass is 10.1. The molecule has 1 heterocycles. The van der Waals surface area contributed by atoms with Crippen LogP contribution in [0.3, 0.4) is 0 Å². The van der Waals surface area contributed by atoms with E-state index in [-0.39, 0.29) is 5.91 Å². The number of aryl methyl sites for hydroxylation is 1. The summed E-state index contributed by atoms with van der Waals surface area (Å²) in [5.74, 6) is 0.352. The van der Waals surface area contributed by atoms with Gasteiger partial charge in [0.2, 0.25) is 5.96 Å². The van der Waals surface area contributed by atoms with E-state index in [0.717, 1.165) is 31.7 Å². The van der Waals surface area contributed by atoms with Gasteiger partial charge in [-0.1, -0.05) is 49.7 Å². The van der Waals surface area contributed by atoms with Crippen LogP contribution in [-0.2, 0) is 6.42 Å². The molecule has 1 fully saturated rings. The van der Waals surface area contributed by atoms with Gasteiger partial charge in [0.05, 0.1) is 6.54 Å². The average Bonchev–Trinajstić information content (AvgIpc) is 2.75. The van der Waals surface area contributed by atoms with Crippen LogP contribution in [0.1, 0.15) is 42.1 Å². The SMILES string of the molecule is CCc1ccccc1NC(=NCCN1CCCCC1)NC(=O)c1ccccc1. The van der Waals surface area contributed by atoms with Crippen molar-refractivity contribution in [3.63, 3.8) is 0 Å². The first-order valence-corrected chi connectivity index (χ1v) is 10.2. The number of carbonyl (C=O) groups excluding carboxylic acids is 1. The van der Waals surface area contributed by atoms with Gasteiger partial charge in [0.25, 0.3) is 5.91 Å². The van der Waals surface area contributed by atoms with Crippen LogP contribution in [0.15, 0.2) is 59.6 Å². The highest BCUT2D eigenvalue weighted by Crippen LogP contribution is 2.15. The second-order valence-corrected chi connectivity index (χ2v) is 7.09. The number of para-hydroxylation sites is 1. The van der Waals surface area contributed by atoms with Crippen molar-refractivity contribution in [2.75, 3.05) is 31.5 Å². The summed E-state index contributed by atoms with van der Waals surface area (Å²) >= 11 is 0. The summed E-state index contributed by atoms with van der Waals surface area (Å²) in [6.45, 7) is 5.99. The van der Waals surface area contributed by atoms with Crippen LogP contribution in [0.5, 0.6) is 0 Å². The molecule has 0 atom stereocenters. The Kier molecular flexibility index (Phi) is 7.62. The molecule has 0 aliphatic carbocycles. The van der Waals surface area contributed by atoms with E-state index in [1.807, 2.05) is 36.4 Å². The molecule has 1 saturated heterocycles. The van der Waals surface area contributed by atoms with E-state index >= 15 is 0 Å². The number of anilines is 1. The van der Waals surface area contributed by atoms with Crippen molar-refractivity contribution in [3.8, 4) is 0 Å². The summed E-state index contributed by atoms with van der Waals surface area (Å²) in [5, 5.41) is 6.29. The number of likely N-dealkylation sites (tertiary alicyclic amines) is 1. The van der Waals surface area contributed by atoms with Gasteiger partial charge in [0.15, 0.2) is 0 Å². The molecular formula is C23H30N4O. The zero-order valence-corrected chi connectivity index (χ0v) is 16.7. The number of nitrogens with one attached hydrogen (secondary N) is 2. The largest absolute Gasteiger partial charge is 0.326 e. The van der Waals surface area contributed by atoms with E-state index in [1.165, 1.54) is 24.8 Å². The number of rotatable bonds is 6. The number of hydrogen-bond donors (Lipinski definition) is 2. The highest BCUT2D eigenvalue weighted by molar-refractivity contribution is 6.10. The standard InChI is InChI=1S/C23H30N4O/c1-2-19-11-7-8-14-21(19)25-23(24-15-18-27-16-9-4-10-17-27)26-22(28)20-12-5-3-6-13-20/h3,5-8,11-14H,2,4,9-10,15-18H2,1H3,(H2,24,25,26,28). The lowest BCUT2D eigenvalue weighted by Crippen LogP contribution is -2.37. The molecular weight excluding hydrogens is 348 g/mol. The number of amides is 1. The number of carbonyl (C=O) groups is 1. The molecule has 28 heavy (non-hydrogen) atoms. The van der Waals surface area contributed by atoms with Crippen molar-refractivity contribution in [1.29, 1.82) is 0 Å². The van der Waals surface area contributed by atoms with Gasteiger partial charge in [-0.15, -0.1) is 0 Å². The van der Waals surface area contributed by atoms with Crippen LogP contribution >= 0.6 is 0 Å². The molecule has 2 aromatic carbocycles. The van der Waals surface area contributed by atoms with Gasteiger partial charge in [-0.05, 0) is 56.1 Å². The molecule has 5 heteroatoms. The Morgan fingerprint density at radius 1 is 1.00 bits per heavy atom. The Balaban J connectivity index is 1.70. The molecule has 0 aromatic heterocycles. The van der Waals surface area contributed by atoms with E-state index in [1.54, 1.807) is 12.1 Å². The summed E-state index contributed by atoms with van der Waals surface area (Å²) in [6.07, 6.45) is 4.78. The van der Waals surface area contributed by atoms with Gasteiger partial charge in [-0.2, -0.15) is 0 Å². The summed E-state index contributed by atoms with van der Waals surface area (Å²) in [6, 6.07) is 17.4. The van der Waals surface area contributed by atoms with Gasteiger partial charge in [-0.25, -0.2) is 0 Å². The van der Waals surface area contributed by atoms with E-state index in [9.17, 15) is 4.79 Å². The second kappa shape index (κ2) is 10.6. The normalized spacial score (nSPS) is 15.2. The fraction of sp³-hybridized carbons (Fsp3) is 0.391. The topological polar surface area (TPSA) is 56.7 Å². The number of piperidine rings is 1. The Bertz CT molecular complexity index is 782. The molecule has 3 rings (SSSR count). The fourth-order valence-electron chi connectivity index (χ4n) is 3.44. The zero-order valence-electron chi connectivity index (χ0n) is 16.7. The minimum atomic E-state index is -0.154. The predicted molar refractivity (Wildman–Crippen MR) is 116 cm³/mol. The van der Waals surface area contributed by atoms with Crippen molar-refractivity contribution in [1.82, 2.24) is 10.2 Å². The van der Waals surface area contributed by atoms with Crippen LogP contribution < -0.4 is 10.6 Å². The molecule has 1 amide bonds. The average molecular weight is 379 g/mol. The number of guanidine groups is 1. The highest BCUT2D eigenvalue weighted by Gasteiger charge is 2.12. The lowest BCUT2D eigenvalue weighted by molar-refractivity contribution is 0.0977. The van der Waals surface area contributed by atoms with Crippen molar-refractivity contribution in [2.45, 2.75) is 32.6 Å². The van der Waals surface area contributed by atoms with E-state index in [4.69, 9.17) is 0 Å². The number of nitrogens with zero attached hydrogens (tertiary/aromatic N) is 2. The Morgan fingerprint density at radius 2 is 1.71 bits per heavy atom. The van der Waals surface area contributed by atoms with Crippen LogP contribution in [0, 0.1) is 0 Å². The molecule has 0 saturated carbocycles. The minimum absolute atomic E-state index is 0.154. The first kappa shape index (κ1) is 20.1. The van der Waals surface area contributed by atoms with Crippen LogP contribution in [0.25, 0.3) is 0 Å². The number of hydrogen-bond acceptors (Lipinski definition) is 3. The highest BCUT2D eigenvalue weighted by atomic mass is 16.1. The third kappa shape index (κ3) is 5.92. The number of benzene rings is 2. The van der Waals surface area contributed by atoms with E-state index in [2.05, 4.69) is 33.5 Å². The molecule has 1 aliphatic rings. The van der Waals surface area contributed by atoms with Crippen molar-refractivity contribution >= 4 is 17.6 Å². The molecule has 2 N–H and O–H groups in total. The van der Waals surface area contributed by atoms with Crippen LogP contribution in [0.2, 0.25) is 0 Å². The van der Waals surface area contributed by atoms with Gasteiger partial charge in [-0.3, -0.25) is 15.1 Å². The Hall–Kier alpha value is -2.66. The summed E-state index contributed by atoms with van der Waals surface area (Å²) in [7, 11) is 0. The van der Waals surface area contributed by atoms with E-state index < -0.39 is 0 Å². The first-order valence-electron chi connectivity index (χ1n) is 10.2. The molecule has 1 aliphatic heterocycles. The van der Waals surface area contributed by atoms with Crippen molar-refractivity contribution < 1.29 is 4.79 Å². The van der Waals surface area contributed by atoms with Gasteiger partial charge in [0, 0.05) is 17.8 Å². The Morgan fingerprint density at radius 3 is 2.46 bits per heavy atom. The van der Waals surface area contributed by atoms with E-state index in [0.29, 0.717) is 18.1 Å². The first-order chi connectivity index (χ1) is 13.8. The van der Waals surface area contributed by atoms with Gasteiger partial charge >= 0.3 is 0 Å². The number of aliphatic imine (C=N–C) groups is 1. The smallest absolute Gasteiger partial charge is 0.257 e. The summed E-state index contributed by atoms with van der Waals surface area (Å²) in [4.78, 5) is 19.8. The molecule has 0 spiro atoms. The minimum Gasteiger partial charge on any atom is -0.326 e. The molecule has 148 valence electrons. The van der Waals surface area contributed by atoms with Gasteiger partial charge < -0.3 is 10.2 Å². The zero-order chi connectivity index (χ0) is 19.6. The quantitative estimate of drug-likeness (QED) is 0.591. The third-order valence-corrected chi connectivity index (χ3v) is 5.05. The predicted octanol–water partition coefficient (Wildman–Crippen LogP) is 3.93. The monoisotopic (exact) mass is 378 g/mol. The second-order valence-electron chi connectivity index (χ2n) is 7.09. The maximum absolute atomic E-state index is 12.6. The van der Waals surface area contributed by atoms with Crippen molar-refractivity contribution in [2.24, 2.45) is 4.99 Å².